The van der Waals surface area contributed by atoms with E-state index in [9.17, 15) is 0 Å². The van der Waals surface area contributed by atoms with Gasteiger partial charge in [0.25, 0.3) is 0 Å². The molecule has 0 fully saturated rings. The lowest BCUT2D eigenvalue weighted by Crippen LogP contribution is -1.92. The molecular weight excluding hydrogens is 194 g/mol. The second-order valence-electron chi connectivity index (χ2n) is 4.74. The quantitative estimate of drug-likeness (QED) is 0.551. The molecule has 0 saturated heterocycles. The number of rotatable bonds is 0. The van der Waals surface area contributed by atoms with Crippen LogP contribution in [-0.4, -0.2) is 4.98 Å². The highest BCUT2D eigenvalue weighted by molar-refractivity contribution is 5.74. The van der Waals surface area contributed by atoms with Gasteiger partial charge in [0.15, 0.2) is 0 Å². The maximum absolute atomic E-state index is 4.74. The Morgan fingerprint density at radius 1 is 1.00 bits per heavy atom. The molecule has 3 rings (SSSR count). The first-order valence-electron chi connectivity index (χ1n) is 5.72. The Bertz CT molecular complexity index is 582. The van der Waals surface area contributed by atoms with Crippen LogP contribution < -0.4 is 0 Å². The Labute approximate surface area is 96.2 Å². The Morgan fingerprint density at radius 2 is 1.81 bits per heavy atom. The van der Waals surface area contributed by atoms with Gasteiger partial charge < -0.3 is 0 Å². The van der Waals surface area contributed by atoms with Crippen LogP contribution in [0.5, 0.6) is 0 Å². The number of fused-ring (bicyclic) bond motifs is 3. The van der Waals surface area contributed by atoms with Gasteiger partial charge in [0, 0.05) is 17.7 Å². The van der Waals surface area contributed by atoms with Crippen LogP contribution in [-0.2, 0) is 6.42 Å². The molecule has 0 saturated carbocycles. The third-order valence-electron chi connectivity index (χ3n) is 3.45. The van der Waals surface area contributed by atoms with E-state index in [0.29, 0.717) is 0 Å². The molecular formula is C15H15N. The highest BCUT2D eigenvalue weighted by Crippen LogP contribution is 2.36. The number of aryl methyl sites for hydroxylation is 3. The molecule has 0 spiro atoms. The Hall–Kier alpha value is -1.63. The van der Waals surface area contributed by atoms with Crippen LogP contribution in [0.3, 0.4) is 0 Å². The number of aromatic nitrogens is 1. The van der Waals surface area contributed by atoms with Crippen molar-refractivity contribution < 1.29 is 0 Å². The number of nitrogens with zero attached hydrogens (tertiary/aromatic N) is 1. The van der Waals surface area contributed by atoms with E-state index in [1.165, 1.54) is 33.5 Å². The molecule has 0 unspecified atom stereocenters. The second kappa shape index (κ2) is 3.18. The number of pyridine rings is 1. The molecule has 1 heterocycles. The minimum atomic E-state index is 1.04. The zero-order valence-electron chi connectivity index (χ0n) is 9.96. The van der Waals surface area contributed by atoms with Crippen molar-refractivity contribution in [2.75, 3.05) is 0 Å². The summed E-state index contributed by atoms with van der Waals surface area (Å²) in [5.74, 6) is 0. The van der Waals surface area contributed by atoms with Gasteiger partial charge >= 0.3 is 0 Å². The molecule has 0 radical (unpaired) electrons. The van der Waals surface area contributed by atoms with Gasteiger partial charge in [0.05, 0.1) is 5.69 Å². The predicted octanol–water partition coefficient (Wildman–Crippen LogP) is 3.58. The van der Waals surface area contributed by atoms with Crippen LogP contribution in [0.15, 0.2) is 24.3 Å². The number of hydrogen-bond donors (Lipinski definition) is 0. The topological polar surface area (TPSA) is 12.9 Å². The minimum absolute atomic E-state index is 1.04. The van der Waals surface area contributed by atoms with Crippen LogP contribution in [0.25, 0.3) is 11.3 Å². The lowest BCUT2D eigenvalue weighted by atomic mass is 10.1. The van der Waals surface area contributed by atoms with Gasteiger partial charge in [-0.1, -0.05) is 23.8 Å². The summed E-state index contributed by atoms with van der Waals surface area (Å²) in [6.07, 6.45) is 1.04. The minimum Gasteiger partial charge on any atom is -0.253 e. The largest absolute Gasteiger partial charge is 0.253 e. The van der Waals surface area contributed by atoms with E-state index in [2.05, 4.69) is 45.0 Å². The zero-order chi connectivity index (χ0) is 11.3. The predicted molar refractivity (Wildman–Crippen MR) is 66.7 cm³/mol. The Balaban J connectivity index is 2.28. The van der Waals surface area contributed by atoms with E-state index >= 15 is 0 Å². The van der Waals surface area contributed by atoms with Crippen molar-refractivity contribution in [1.82, 2.24) is 4.98 Å². The smallest absolute Gasteiger partial charge is 0.0743 e. The molecule has 0 bridgehead atoms. The first-order valence-corrected chi connectivity index (χ1v) is 5.72. The first-order chi connectivity index (χ1) is 7.65. The molecule has 0 aliphatic heterocycles. The third-order valence-corrected chi connectivity index (χ3v) is 3.45. The van der Waals surface area contributed by atoms with E-state index in [-0.39, 0.29) is 0 Å². The highest BCUT2D eigenvalue weighted by atomic mass is 14.7. The molecule has 80 valence electrons. The van der Waals surface area contributed by atoms with Crippen molar-refractivity contribution in [3.05, 3.63) is 52.2 Å². The van der Waals surface area contributed by atoms with Gasteiger partial charge in [-0.3, -0.25) is 4.98 Å². The van der Waals surface area contributed by atoms with Crippen molar-refractivity contribution in [2.45, 2.75) is 27.2 Å². The molecule has 1 aromatic carbocycles. The molecule has 16 heavy (non-hydrogen) atoms. The van der Waals surface area contributed by atoms with Gasteiger partial charge in [-0.05, 0) is 43.5 Å². The summed E-state index contributed by atoms with van der Waals surface area (Å²) in [6, 6.07) is 8.96. The van der Waals surface area contributed by atoms with Gasteiger partial charge in [0.1, 0.15) is 0 Å². The monoisotopic (exact) mass is 209 g/mol. The van der Waals surface area contributed by atoms with Gasteiger partial charge in [-0.25, -0.2) is 0 Å². The third kappa shape index (κ3) is 1.28. The maximum Gasteiger partial charge on any atom is 0.0743 e. The van der Waals surface area contributed by atoms with Crippen LogP contribution in [0.4, 0.5) is 0 Å². The lowest BCUT2D eigenvalue weighted by Gasteiger charge is -2.05. The molecule has 0 amide bonds. The van der Waals surface area contributed by atoms with E-state index in [4.69, 9.17) is 4.98 Å². The van der Waals surface area contributed by atoms with E-state index < -0.39 is 0 Å². The average Bonchev–Trinajstić information content (AvgIpc) is 2.57. The average molecular weight is 209 g/mol. The second-order valence-corrected chi connectivity index (χ2v) is 4.74. The molecule has 1 nitrogen and oxygen atoms in total. The van der Waals surface area contributed by atoms with E-state index in [1.807, 2.05) is 0 Å². The molecule has 1 heteroatoms. The van der Waals surface area contributed by atoms with E-state index in [0.717, 1.165) is 12.1 Å². The molecule has 0 N–H and O–H groups in total. The molecule has 1 aliphatic carbocycles. The van der Waals surface area contributed by atoms with Crippen molar-refractivity contribution >= 4 is 0 Å². The number of benzene rings is 1. The van der Waals surface area contributed by atoms with Crippen molar-refractivity contribution in [2.24, 2.45) is 0 Å². The van der Waals surface area contributed by atoms with Crippen LogP contribution in [0.1, 0.15) is 27.9 Å². The van der Waals surface area contributed by atoms with Crippen molar-refractivity contribution in [1.29, 1.82) is 0 Å². The molecule has 1 aromatic heterocycles. The Kier molecular flexibility index (Phi) is 1.90. The Morgan fingerprint density at radius 3 is 2.62 bits per heavy atom. The summed E-state index contributed by atoms with van der Waals surface area (Å²) < 4.78 is 0. The fourth-order valence-corrected chi connectivity index (χ4v) is 2.40. The van der Waals surface area contributed by atoms with Crippen LogP contribution >= 0.6 is 0 Å². The van der Waals surface area contributed by atoms with E-state index in [1.54, 1.807) is 0 Å². The summed E-state index contributed by atoms with van der Waals surface area (Å²) in [5, 5.41) is 0. The summed E-state index contributed by atoms with van der Waals surface area (Å²) in [4.78, 5) is 4.74. The van der Waals surface area contributed by atoms with Gasteiger partial charge in [0.2, 0.25) is 0 Å². The van der Waals surface area contributed by atoms with Crippen molar-refractivity contribution in [3.63, 3.8) is 0 Å². The van der Waals surface area contributed by atoms with Gasteiger partial charge in [-0.2, -0.15) is 0 Å². The molecule has 1 aliphatic rings. The fourth-order valence-electron chi connectivity index (χ4n) is 2.40. The standard InChI is InChI=1S/C15H15N/c1-9-4-5-12-8-13-7-10(2)11(3)16-15(13)14(12)6-9/h4-7H,8H2,1-3H3. The lowest BCUT2D eigenvalue weighted by molar-refractivity contribution is 1.13. The fraction of sp³-hybridized carbons (Fsp3) is 0.267. The molecule has 0 atom stereocenters. The SMILES string of the molecule is Cc1ccc2c(c1)-c1nc(C)c(C)cc1C2. The summed E-state index contributed by atoms with van der Waals surface area (Å²) in [6.45, 7) is 6.36. The van der Waals surface area contributed by atoms with Crippen LogP contribution in [0.2, 0.25) is 0 Å². The highest BCUT2D eigenvalue weighted by Gasteiger charge is 2.20. The summed E-state index contributed by atoms with van der Waals surface area (Å²) in [5.41, 5.74) is 9.07. The maximum atomic E-state index is 4.74. The summed E-state index contributed by atoms with van der Waals surface area (Å²) >= 11 is 0. The first kappa shape index (κ1) is 9.59. The molecule has 2 aromatic rings. The van der Waals surface area contributed by atoms with Crippen molar-refractivity contribution in [3.8, 4) is 11.3 Å². The summed E-state index contributed by atoms with van der Waals surface area (Å²) in [7, 11) is 0. The normalized spacial score (nSPS) is 12.4. The van der Waals surface area contributed by atoms with Gasteiger partial charge in [-0.15, -0.1) is 0 Å². The number of hydrogen-bond acceptors (Lipinski definition) is 1. The van der Waals surface area contributed by atoms with Crippen LogP contribution in [0, 0.1) is 20.8 Å². The zero-order valence-corrected chi connectivity index (χ0v) is 9.96.